The average molecular weight is 383 g/mol. The van der Waals surface area contributed by atoms with Crippen LogP contribution < -0.4 is 0 Å². The summed E-state index contributed by atoms with van der Waals surface area (Å²) in [6.45, 7) is 3.78. The highest BCUT2D eigenvalue weighted by Gasteiger charge is 2.33. The molecule has 2 aliphatic rings. The van der Waals surface area contributed by atoms with E-state index in [-0.39, 0.29) is 5.92 Å². The van der Waals surface area contributed by atoms with Gasteiger partial charge in [0, 0.05) is 41.3 Å². The zero-order valence-corrected chi connectivity index (χ0v) is 16.7. The van der Waals surface area contributed by atoms with Crippen molar-refractivity contribution in [2.24, 2.45) is 5.92 Å². The van der Waals surface area contributed by atoms with Crippen molar-refractivity contribution in [3.05, 3.63) is 63.9 Å². The predicted molar refractivity (Wildman–Crippen MR) is 109 cm³/mol. The monoisotopic (exact) mass is 382 g/mol. The molecule has 1 amide bonds. The number of benzene rings is 1. The molecule has 1 atom stereocenters. The predicted octanol–water partition coefficient (Wildman–Crippen LogP) is 5.14. The van der Waals surface area contributed by atoms with Gasteiger partial charge in [-0.2, -0.15) is 0 Å². The summed E-state index contributed by atoms with van der Waals surface area (Å²) in [5.41, 5.74) is 4.55. The third-order valence-corrected chi connectivity index (χ3v) is 6.36. The molecule has 2 fully saturated rings. The van der Waals surface area contributed by atoms with Crippen LogP contribution in [0.25, 0.3) is 0 Å². The Labute approximate surface area is 166 Å². The van der Waals surface area contributed by atoms with Crippen LogP contribution in [-0.2, 0) is 11.2 Å². The van der Waals surface area contributed by atoms with Gasteiger partial charge < -0.3 is 4.90 Å². The molecule has 1 aromatic carbocycles. The second-order valence-electron chi connectivity index (χ2n) is 8.06. The second-order valence-corrected chi connectivity index (χ2v) is 8.47. The van der Waals surface area contributed by atoms with Crippen LogP contribution in [-0.4, -0.2) is 28.9 Å². The van der Waals surface area contributed by atoms with Crippen LogP contribution in [0, 0.1) is 12.8 Å². The number of piperidine rings is 1. The SMILES string of the molecule is Cc1cc(Cc2ccccc2Cl)cc([C@@H]2CCCN(C(=O)C3CCC3)C2)n1. The number of carbonyl (C=O) groups excluding carboxylic acids is 1. The molecule has 0 spiro atoms. The number of aryl methyl sites for hydroxylation is 1. The number of amides is 1. The molecule has 0 radical (unpaired) electrons. The number of carbonyl (C=O) groups is 1. The van der Waals surface area contributed by atoms with Gasteiger partial charge in [-0.1, -0.05) is 36.2 Å². The topological polar surface area (TPSA) is 33.2 Å². The Morgan fingerprint density at radius 1 is 1.19 bits per heavy atom. The van der Waals surface area contributed by atoms with Crippen molar-refractivity contribution in [3.8, 4) is 0 Å². The van der Waals surface area contributed by atoms with E-state index in [1.165, 1.54) is 12.0 Å². The van der Waals surface area contributed by atoms with E-state index in [0.29, 0.717) is 11.8 Å². The van der Waals surface area contributed by atoms with Crippen molar-refractivity contribution in [2.45, 2.75) is 51.4 Å². The summed E-state index contributed by atoms with van der Waals surface area (Å²) in [5.74, 6) is 0.993. The van der Waals surface area contributed by atoms with Gasteiger partial charge in [-0.05, 0) is 68.4 Å². The maximum atomic E-state index is 12.7. The van der Waals surface area contributed by atoms with E-state index in [4.69, 9.17) is 16.6 Å². The molecular weight excluding hydrogens is 356 g/mol. The largest absolute Gasteiger partial charge is 0.342 e. The molecule has 0 bridgehead atoms. The maximum Gasteiger partial charge on any atom is 0.225 e. The van der Waals surface area contributed by atoms with Crippen LogP contribution in [0.1, 0.15) is 60.5 Å². The first-order valence-corrected chi connectivity index (χ1v) is 10.5. The molecule has 1 aliphatic heterocycles. The summed E-state index contributed by atoms with van der Waals surface area (Å²) in [6.07, 6.45) is 6.34. The average Bonchev–Trinajstić information content (AvgIpc) is 2.62. The summed E-state index contributed by atoms with van der Waals surface area (Å²) in [7, 11) is 0. The molecule has 2 heterocycles. The summed E-state index contributed by atoms with van der Waals surface area (Å²) in [6, 6.07) is 12.4. The number of hydrogen-bond acceptors (Lipinski definition) is 2. The van der Waals surface area contributed by atoms with Crippen molar-refractivity contribution in [1.29, 1.82) is 0 Å². The number of pyridine rings is 1. The number of likely N-dealkylation sites (tertiary alicyclic amines) is 1. The molecule has 142 valence electrons. The molecule has 4 rings (SSSR count). The first-order valence-electron chi connectivity index (χ1n) is 10.1. The van der Waals surface area contributed by atoms with Crippen LogP contribution in [0.2, 0.25) is 5.02 Å². The normalized spacial score (nSPS) is 20.4. The zero-order valence-electron chi connectivity index (χ0n) is 16.0. The Bertz CT molecular complexity index is 831. The fourth-order valence-electron chi connectivity index (χ4n) is 4.27. The Balaban J connectivity index is 1.52. The van der Waals surface area contributed by atoms with E-state index < -0.39 is 0 Å². The highest BCUT2D eigenvalue weighted by Crippen LogP contribution is 2.32. The molecule has 0 unspecified atom stereocenters. The van der Waals surface area contributed by atoms with E-state index in [0.717, 1.165) is 67.2 Å². The molecule has 1 aromatic heterocycles. The number of hydrogen-bond donors (Lipinski definition) is 0. The molecular formula is C23H27ClN2O. The van der Waals surface area contributed by atoms with Gasteiger partial charge in [0.25, 0.3) is 0 Å². The lowest BCUT2D eigenvalue weighted by Crippen LogP contribution is -2.44. The van der Waals surface area contributed by atoms with Crippen molar-refractivity contribution in [1.82, 2.24) is 9.88 Å². The van der Waals surface area contributed by atoms with Gasteiger partial charge in [0.2, 0.25) is 5.91 Å². The molecule has 1 aliphatic carbocycles. The standard InChI is InChI=1S/C23H27ClN2O/c1-16-12-17(13-19-6-2-3-10-21(19)24)14-22(25-16)20-9-5-11-26(15-20)23(27)18-7-4-8-18/h2-3,6,10,12,14,18,20H,4-5,7-9,11,13,15H2,1H3/t20-/m1/s1. The molecule has 4 heteroatoms. The zero-order chi connectivity index (χ0) is 18.8. The summed E-state index contributed by atoms with van der Waals surface area (Å²) in [4.78, 5) is 19.6. The molecule has 27 heavy (non-hydrogen) atoms. The molecule has 1 saturated carbocycles. The number of nitrogens with zero attached hydrogens (tertiary/aromatic N) is 2. The number of halogens is 1. The maximum absolute atomic E-state index is 12.7. The molecule has 2 aromatic rings. The molecule has 1 saturated heterocycles. The first-order chi connectivity index (χ1) is 13.1. The van der Waals surface area contributed by atoms with Crippen LogP contribution >= 0.6 is 11.6 Å². The summed E-state index contributed by atoms with van der Waals surface area (Å²) in [5, 5.41) is 0.809. The van der Waals surface area contributed by atoms with Gasteiger partial charge in [-0.15, -0.1) is 0 Å². The molecule has 3 nitrogen and oxygen atoms in total. The van der Waals surface area contributed by atoms with Crippen LogP contribution in [0.3, 0.4) is 0 Å². The minimum atomic E-state index is 0.282. The number of rotatable bonds is 4. The first kappa shape index (κ1) is 18.5. The Hall–Kier alpha value is -1.87. The summed E-state index contributed by atoms with van der Waals surface area (Å²) < 4.78 is 0. The van der Waals surface area contributed by atoms with Crippen molar-refractivity contribution in [3.63, 3.8) is 0 Å². The van der Waals surface area contributed by atoms with Crippen LogP contribution in [0.15, 0.2) is 36.4 Å². The Kier molecular flexibility index (Phi) is 5.49. The highest BCUT2D eigenvalue weighted by molar-refractivity contribution is 6.31. The lowest BCUT2D eigenvalue weighted by Gasteiger charge is -2.37. The van der Waals surface area contributed by atoms with Crippen molar-refractivity contribution >= 4 is 17.5 Å². The number of aromatic nitrogens is 1. The van der Waals surface area contributed by atoms with Gasteiger partial charge >= 0.3 is 0 Å². The Morgan fingerprint density at radius 2 is 2.00 bits per heavy atom. The van der Waals surface area contributed by atoms with Gasteiger partial charge in [0.05, 0.1) is 0 Å². The van der Waals surface area contributed by atoms with E-state index in [1.54, 1.807) is 0 Å². The summed E-state index contributed by atoms with van der Waals surface area (Å²) >= 11 is 6.35. The third kappa shape index (κ3) is 4.19. The van der Waals surface area contributed by atoms with E-state index in [2.05, 4.69) is 30.0 Å². The van der Waals surface area contributed by atoms with Crippen molar-refractivity contribution < 1.29 is 4.79 Å². The molecule has 0 N–H and O–H groups in total. The van der Waals surface area contributed by atoms with Gasteiger partial charge in [-0.3, -0.25) is 9.78 Å². The fourth-order valence-corrected chi connectivity index (χ4v) is 4.48. The van der Waals surface area contributed by atoms with Gasteiger partial charge in [-0.25, -0.2) is 0 Å². The third-order valence-electron chi connectivity index (χ3n) is 5.99. The quantitative estimate of drug-likeness (QED) is 0.733. The van der Waals surface area contributed by atoms with Crippen molar-refractivity contribution in [2.75, 3.05) is 13.1 Å². The second kappa shape index (κ2) is 8.02. The minimum absolute atomic E-state index is 0.282. The fraction of sp³-hybridized carbons (Fsp3) is 0.478. The van der Waals surface area contributed by atoms with E-state index >= 15 is 0 Å². The lowest BCUT2D eigenvalue weighted by molar-refractivity contribution is -0.139. The highest BCUT2D eigenvalue weighted by atomic mass is 35.5. The van der Waals surface area contributed by atoms with E-state index in [9.17, 15) is 4.79 Å². The Morgan fingerprint density at radius 3 is 2.74 bits per heavy atom. The lowest BCUT2D eigenvalue weighted by atomic mass is 9.83. The smallest absolute Gasteiger partial charge is 0.225 e. The van der Waals surface area contributed by atoms with Gasteiger partial charge in [0.1, 0.15) is 0 Å². The minimum Gasteiger partial charge on any atom is -0.342 e. The van der Waals surface area contributed by atoms with E-state index in [1.807, 2.05) is 18.2 Å². The van der Waals surface area contributed by atoms with Crippen LogP contribution in [0.4, 0.5) is 0 Å². The van der Waals surface area contributed by atoms with Gasteiger partial charge in [0.15, 0.2) is 0 Å². The van der Waals surface area contributed by atoms with Crippen LogP contribution in [0.5, 0.6) is 0 Å².